The SMILES string of the molecule is CCOC(=O)c1c(NC(=O)C2CCN(S(=O)(=O)c3ccc(F)cc3)CC2)sc2c1CCCC2. The molecule has 0 radical (unpaired) electrons. The lowest BCUT2D eigenvalue weighted by molar-refractivity contribution is -0.120. The summed E-state index contributed by atoms with van der Waals surface area (Å²) in [5, 5.41) is 3.47. The van der Waals surface area contributed by atoms with Crippen molar-refractivity contribution in [3.63, 3.8) is 0 Å². The maximum atomic E-state index is 13.2. The first-order chi connectivity index (χ1) is 15.8. The van der Waals surface area contributed by atoms with Gasteiger partial charge in [-0.05, 0) is 75.3 Å². The number of nitrogens with zero attached hydrogens (tertiary/aromatic N) is 1. The van der Waals surface area contributed by atoms with Gasteiger partial charge in [0.15, 0.2) is 0 Å². The Labute approximate surface area is 197 Å². The zero-order chi connectivity index (χ0) is 23.6. The van der Waals surface area contributed by atoms with Gasteiger partial charge in [-0.15, -0.1) is 11.3 Å². The number of amides is 1. The van der Waals surface area contributed by atoms with Gasteiger partial charge in [-0.1, -0.05) is 0 Å². The van der Waals surface area contributed by atoms with Gasteiger partial charge in [-0.2, -0.15) is 4.31 Å². The van der Waals surface area contributed by atoms with E-state index in [9.17, 15) is 22.4 Å². The molecule has 0 bridgehead atoms. The van der Waals surface area contributed by atoms with Crippen LogP contribution in [0.5, 0.6) is 0 Å². The Kier molecular flexibility index (Phi) is 7.16. The van der Waals surface area contributed by atoms with E-state index in [4.69, 9.17) is 4.74 Å². The van der Waals surface area contributed by atoms with Crippen molar-refractivity contribution in [3.05, 3.63) is 46.1 Å². The average molecular weight is 495 g/mol. The lowest BCUT2D eigenvalue weighted by atomic mass is 9.95. The van der Waals surface area contributed by atoms with E-state index in [1.807, 2.05) is 0 Å². The predicted molar refractivity (Wildman–Crippen MR) is 123 cm³/mol. The van der Waals surface area contributed by atoms with Gasteiger partial charge in [0.2, 0.25) is 15.9 Å². The van der Waals surface area contributed by atoms with Crippen LogP contribution < -0.4 is 5.32 Å². The topological polar surface area (TPSA) is 92.8 Å². The van der Waals surface area contributed by atoms with E-state index >= 15 is 0 Å². The summed E-state index contributed by atoms with van der Waals surface area (Å²) in [6.45, 7) is 2.41. The summed E-state index contributed by atoms with van der Waals surface area (Å²) in [5.41, 5.74) is 1.46. The van der Waals surface area contributed by atoms with Crippen molar-refractivity contribution >= 4 is 38.2 Å². The Morgan fingerprint density at radius 1 is 1.15 bits per heavy atom. The maximum Gasteiger partial charge on any atom is 0.341 e. The van der Waals surface area contributed by atoms with Crippen LogP contribution in [0, 0.1) is 11.7 Å². The number of hydrogen-bond donors (Lipinski definition) is 1. The average Bonchev–Trinajstić information content (AvgIpc) is 3.17. The summed E-state index contributed by atoms with van der Waals surface area (Å²) in [6, 6.07) is 4.74. The highest BCUT2D eigenvalue weighted by Crippen LogP contribution is 2.39. The Bertz CT molecular complexity index is 1140. The Balaban J connectivity index is 1.44. The third-order valence-corrected chi connectivity index (χ3v) is 9.28. The van der Waals surface area contributed by atoms with Crippen LogP contribution in [0.4, 0.5) is 9.39 Å². The van der Waals surface area contributed by atoms with E-state index in [1.54, 1.807) is 6.92 Å². The molecule has 0 unspecified atom stereocenters. The van der Waals surface area contributed by atoms with Crippen molar-refractivity contribution in [2.75, 3.05) is 25.0 Å². The van der Waals surface area contributed by atoms with Gasteiger partial charge in [-0.3, -0.25) is 4.79 Å². The number of carbonyl (C=O) groups excluding carboxylic acids is 2. The predicted octanol–water partition coefficient (Wildman–Crippen LogP) is 3.98. The van der Waals surface area contributed by atoms with Crippen LogP contribution in [0.3, 0.4) is 0 Å². The van der Waals surface area contributed by atoms with Crippen LogP contribution in [-0.4, -0.2) is 44.3 Å². The second kappa shape index (κ2) is 9.90. The monoisotopic (exact) mass is 494 g/mol. The van der Waals surface area contributed by atoms with E-state index in [1.165, 1.54) is 27.8 Å². The zero-order valence-electron chi connectivity index (χ0n) is 18.4. The number of nitrogens with one attached hydrogen (secondary N) is 1. The van der Waals surface area contributed by atoms with Crippen LogP contribution >= 0.6 is 11.3 Å². The van der Waals surface area contributed by atoms with Gasteiger partial charge >= 0.3 is 5.97 Å². The molecule has 0 atom stereocenters. The van der Waals surface area contributed by atoms with Gasteiger partial charge < -0.3 is 10.1 Å². The number of ether oxygens (including phenoxy) is 1. The number of fused-ring (bicyclic) bond motifs is 1. The standard InChI is InChI=1S/C23H27FN2O5S2/c1-2-31-23(28)20-18-5-3-4-6-19(18)32-22(20)25-21(27)15-11-13-26(14-12-15)33(29,30)17-9-7-16(24)8-10-17/h7-10,15H,2-6,11-14H2,1H3,(H,25,27). The number of anilines is 1. The number of halogens is 1. The van der Waals surface area contributed by atoms with Crippen molar-refractivity contribution < 1.29 is 27.1 Å². The molecule has 1 aromatic carbocycles. The smallest absolute Gasteiger partial charge is 0.341 e. The minimum absolute atomic E-state index is 0.0371. The largest absolute Gasteiger partial charge is 0.462 e. The fourth-order valence-electron chi connectivity index (χ4n) is 4.40. The van der Waals surface area contributed by atoms with Crippen molar-refractivity contribution in [1.82, 2.24) is 4.31 Å². The molecule has 178 valence electrons. The number of benzene rings is 1. The fraction of sp³-hybridized carbons (Fsp3) is 0.478. The molecule has 2 aromatic rings. The molecule has 2 aliphatic rings. The number of rotatable bonds is 6. The first kappa shape index (κ1) is 23.8. The number of sulfonamides is 1. The molecule has 1 saturated heterocycles. The molecular formula is C23H27FN2O5S2. The highest BCUT2D eigenvalue weighted by Gasteiger charge is 2.34. The van der Waals surface area contributed by atoms with Crippen molar-refractivity contribution in [2.24, 2.45) is 5.92 Å². The van der Waals surface area contributed by atoms with E-state index in [0.29, 0.717) is 23.4 Å². The number of esters is 1. The molecule has 2 heterocycles. The third kappa shape index (κ3) is 4.97. The van der Waals surface area contributed by atoms with Gasteiger partial charge in [0, 0.05) is 23.9 Å². The third-order valence-electron chi connectivity index (χ3n) is 6.16. The summed E-state index contributed by atoms with van der Waals surface area (Å²) in [4.78, 5) is 26.8. The minimum Gasteiger partial charge on any atom is -0.462 e. The highest BCUT2D eigenvalue weighted by molar-refractivity contribution is 7.89. The number of aryl methyl sites for hydroxylation is 1. The van der Waals surface area contributed by atoms with Gasteiger partial charge in [0.05, 0.1) is 17.1 Å². The Morgan fingerprint density at radius 2 is 1.82 bits per heavy atom. The van der Waals surface area contributed by atoms with Crippen LogP contribution in [0.1, 0.15) is 53.4 Å². The Hall–Kier alpha value is -2.30. The molecule has 7 nitrogen and oxygen atoms in total. The molecule has 10 heteroatoms. The lowest BCUT2D eigenvalue weighted by Gasteiger charge is -2.30. The lowest BCUT2D eigenvalue weighted by Crippen LogP contribution is -2.41. The quantitative estimate of drug-likeness (QED) is 0.613. The van der Waals surface area contributed by atoms with E-state index in [0.717, 1.165) is 48.3 Å². The van der Waals surface area contributed by atoms with Gasteiger partial charge in [0.25, 0.3) is 0 Å². The van der Waals surface area contributed by atoms with Crippen molar-refractivity contribution in [1.29, 1.82) is 0 Å². The number of piperidine rings is 1. The van der Waals surface area contributed by atoms with Crippen LogP contribution in [-0.2, 0) is 32.4 Å². The summed E-state index contributed by atoms with van der Waals surface area (Å²) < 4.78 is 45.3. The summed E-state index contributed by atoms with van der Waals surface area (Å²) >= 11 is 1.44. The Morgan fingerprint density at radius 3 is 2.48 bits per heavy atom. The van der Waals surface area contributed by atoms with E-state index in [-0.39, 0.29) is 36.4 Å². The fourth-order valence-corrected chi connectivity index (χ4v) is 7.15. The number of hydrogen-bond acceptors (Lipinski definition) is 6. The molecule has 0 spiro atoms. The first-order valence-electron chi connectivity index (χ1n) is 11.2. The summed E-state index contributed by atoms with van der Waals surface area (Å²) in [5.74, 6) is -1.48. The molecular weight excluding hydrogens is 467 g/mol. The number of thiophene rings is 1. The van der Waals surface area contributed by atoms with E-state index < -0.39 is 21.8 Å². The zero-order valence-corrected chi connectivity index (χ0v) is 20.1. The van der Waals surface area contributed by atoms with Crippen LogP contribution in [0.25, 0.3) is 0 Å². The molecule has 1 N–H and O–H groups in total. The van der Waals surface area contributed by atoms with Crippen LogP contribution in [0.15, 0.2) is 29.2 Å². The number of carbonyl (C=O) groups is 2. The first-order valence-corrected chi connectivity index (χ1v) is 13.4. The normalized spacial score (nSPS) is 17.4. The highest BCUT2D eigenvalue weighted by atomic mass is 32.2. The second-order valence-electron chi connectivity index (χ2n) is 8.26. The minimum atomic E-state index is -3.74. The summed E-state index contributed by atoms with van der Waals surface area (Å²) in [6.07, 6.45) is 4.49. The van der Waals surface area contributed by atoms with Crippen LogP contribution in [0.2, 0.25) is 0 Å². The van der Waals surface area contributed by atoms with E-state index in [2.05, 4.69) is 5.32 Å². The molecule has 1 aromatic heterocycles. The second-order valence-corrected chi connectivity index (χ2v) is 11.3. The summed E-state index contributed by atoms with van der Waals surface area (Å²) in [7, 11) is -3.74. The molecule has 33 heavy (non-hydrogen) atoms. The van der Waals surface area contributed by atoms with Gasteiger partial charge in [-0.25, -0.2) is 17.6 Å². The molecule has 0 saturated carbocycles. The maximum absolute atomic E-state index is 13.2. The molecule has 4 rings (SSSR count). The molecule has 1 amide bonds. The molecule has 1 fully saturated rings. The van der Waals surface area contributed by atoms with Gasteiger partial charge in [0.1, 0.15) is 10.8 Å². The van der Waals surface area contributed by atoms with Crippen molar-refractivity contribution in [2.45, 2.75) is 50.3 Å². The van der Waals surface area contributed by atoms with Crippen molar-refractivity contribution in [3.8, 4) is 0 Å². The molecule has 1 aliphatic heterocycles. The molecule has 1 aliphatic carbocycles.